The van der Waals surface area contributed by atoms with Crippen LogP contribution >= 0.6 is 22.7 Å². The van der Waals surface area contributed by atoms with E-state index < -0.39 is 21.7 Å². The highest BCUT2D eigenvalue weighted by Gasteiger charge is 2.35. The number of aromatic nitrogens is 2. The van der Waals surface area contributed by atoms with Gasteiger partial charge in [-0.15, -0.1) is 22.7 Å². The van der Waals surface area contributed by atoms with Gasteiger partial charge in [-0.1, -0.05) is 18.2 Å². The summed E-state index contributed by atoms with van der Waals surface area (Å²) < 4.78 is 65.5. The first-order valence-corrected chi connectivity index (χ1v) is 13.9. The second kappa shape index (κ2) is 9.65. The minimum absolute atomic E-state index is 0.193. The molecule has 0 saturated carbocycles. The summed E-state index contributed by atoms with van der Waals surface area (Å²) in [5.41, 5.74) is 0.141. The SMILES string of the molecule is CN(CCn1nc(C(F)(F)F)cc1-c1ccc(-c2cccc(S(C)(=O)=O)c2)s1)Cc1cccs1. The number of benzene rings is 1. The Morgan fingerprint density at radius 1 is 1.06 bits per heavy atom. The second-order valence-corrected chi connectivity index (χ2v) is 12.0. The lowest BCUT2D eigenvalue weighted by atomic mass is 10.2. The summed E-state index contributed by atoms with van der Waals surface area (Å²) in [6.45, 7) is 1.53. The van der Waals surface area contributed by atoms with Gasteiger partial charge in [0.05, 0.1) is 22.0 Å². The average Bonchev–Trinajstić information content (AvgIpc) is 3.51. The predicted molar refractivity (Wildman–Crippen MR) is 130 cm³/mol. The quantitative estimate of drug-likeness (QED) is 0.288. The molecule has 0 atom stereocenters. The van der Waals surface area contributed by atoms with Gasteiger partial charge in [-0.05, 0) is 54.4 Å². The van der Waals surface area contributed by atoms with E-state index in [0.717, 1.165) is 17.2 Å². The minimum Gasteiger partial charge on any atom is -0.299 e. The van der Waals surface area contributed by atoms with Crippen molar-refractivity contribution < 1.29 is 21.6 Å². The number of sulfone groups is 1. The lowest BCUT2D eigenvalue weighted by Gasteiger charge is -2.16. The molecular weight excluding hydrogens is 503 g/mol. The Hall–Kier alpha value is -2.47. The molecule has 0 spiro atoms. The molecule has 0 saturated heterocycles. The number of likely N-dealkylation sites (N-methyl/N-ethyl adjacent to an activating group) is 1. The summed E-state index contributed by atoms with van der Waals surface area (Å²) in [4.78, 5) is 4.80. The van der Waals surface area contributed by atoms with Crippen molar-refractivity contribution in [1.82, 2.24) is 14.7 Å². The number of halogens is 3. The fraction of sp³-hybridized carbons (Fsp3) is 0.261. The van der Waals surface area contributed by atoms with Crippen molar-refractivity contribution in [3.8, 4) is 21.0 Å². The molecule has 4 rings (SSSR count). The monoisotopic (exact) mass is 525 g/mol. The standard InChI is InChI=1S/C23H22F3N3O2S3/c1-28(15-17-6-4-12-32-17)10-11-29-19(14-22(27-29)23(24,25)26)21-9-8-20(33-21)16-5-3-7-18(13-16)34(2,30)31/h3-9,12-14H,10-11,15H2,1-2H3. The smallest absolute Gasteiger partial charge is 0.299 e. The van der Waals surface area contributed by atoms with Crippen molar-refractivity contribution in [2.45, 2.75) is 24.2 Å². The van der Waals surface area contributed by atoms with Crippen molar-refractivity contribution >= 4 is 32.5 Å². The molecule has 0 fully saturated rings. The van der Waals surface area contributed by atoms with Crippen LogP contribution in [0.4, 0.5) is 13.2 Å². The molecule has 0 radical (unpaired) electrons. The van der Waals surface area contributed by atoms with E-state index in [9.17, 15) is 21.6 Å². The van der Waals surface area contributed by atoms with Gasteiger partial charge in [0.1, 0.15) is 0 Å². The van der Waals surface area contributed by atoms with Gasteiger partial charge in [-0.25, -0.2) is 8.42 Å². The molecule has 0 amide bonds. The molecule has 1 aromatic carbocycles. The van der Waals surface area contributed by atoms with Crippen LogP contribution in [0.3, 0.4) is 0 Å². The van der Waals surface area contributed by atoms with Crippen LogP contribution in [0, 0.1) is 0 Å². The first kappa shape index (κ1) is 24.6. The van der Waals surface area contributed by atoms with Gasteiger partial charge < -0.3 is 0 Å². The normalized spacial score (nSPS) is 12.5. The van der Waals surface area contributed by atoms with E-state index in [1.165, 1.54) is 27.0 Å². The van der Waals surface area contributed by atoms with Crippen LogP contribution in [-0.4, -0.2) is 42.9 Å². The van der Waals surface area contributed by atoms with Crippen molar-refractivity contribution in [3.05, 3.63) is 70.5 Å². The molecule has 4 aromatic rings. The second-order valence-electron chi connectivity index (χ2n) is 7.92. The third-order valence-electron chi connectivity index (χ3n) is 5.17. The van der Waals surface area contributed by atoms with E-state index >= 15 is 0 Å². The Balaban J connectivity index is 1.61. The number of hydrogen-bond donors (Lipinski definition) is 0. The third kappa shape index (κ3) is 5.77. The Kier molecular flexibility index (Phi) is 6.99. The van der Waals surface area contributed by atoms with Crippen LogP contribution in [0.15, 0.2) is 64.9 Å². The van der Waals surface area contributed by atoms with Crippen LogP contribution in [0.25, 0.3) is 21.0 Å². The largest absolute Gasteiger partial charge is 0.435 e. The van der Waals surface area contributed by atoms with Crippen LogP contribution in [0.2, 0.25) is 0 Å². The van der Waals surface area contributed by atoms with Crippen LogP contribution in [0.1, 0.15) is 10.6 Å². The van der Waals surface area contributed by atoms with Gasteiger partial charge in [0, 0.05) is 29.1 Å². The van der Waals surface area contributed by atoms with Gasteiger partial charge in [-0.2, -0.15) is 18.3 Å². The topological polar surface area (TPSA) is 55.2 Å². The third-order valence-corrected chi connectivity index (χ3v) is 8.30. The molecule has 5 nitrogen and oxygen atoms in total. The zero-order valence-corrected chi connectivity index (χ0v) is 20.9. The molecule has 0 aliphatic carbocycles. The van der Waals surface area contributed by atoms with E-state index in [1.807, 2.05) is 29.5 Å². The maximum Gasteiger partial charge on any atom is 0.435 e. The Bertz CT molecular complexity index is 1370. The van der Waals surface area contributed by atoms with Crippen LogP contribution in [0.5, 0.6) is 0 Å². The summed E-state index contributed by atoms with van der Waals surface area (Å²) >= 11 is 2.93. The lowest BCUT2D eigenvalue weighted by Crippen LogP contribution is -2.23. The lowest BCUT2D eigenvalue weighted by molar-refractivity contribution is -0.141. The number of alkyl halides is 3. The maximum absolute atomic E-state index is 13.4. The highest BCUT2D eigenvalue weighted by molar-refractivity contribution is 7.90. The highest BCUT2D eigenvalue weighted by atomic mass is 32.2. The van der Waals surface area contributed by atoms with Crippen LogP contribution < -0.4 is 0 Å². The summed E-state index contributed by atoms with van der Waals surface area (Å²) in [6.07, 6.45) is -3.41. The zero-order chi connectivity index (χ0) is 24.5. The summed E-state index contributed by atoms with van der Waals surface area (Å²) in [5, 5.41) is 5.84. The fourth-order valence-corrected chi connectivity index (χ4v) is 5.92. The van der Waals surface area contributed by atoms with E-state index in [4.69, 9.17) is 0 Å². The fourth-order valence-electron chi connectivity index (χ4n) is 3.45. The molecule has 0 N–H and O–H groups in total. The molecule has 180 valence electrons. The van der Waals surface area contributed by atoms with E-state index in [2.05, 4.69) is 5.10 Å². The van der Waals surface area contributed by atoms with Gasteiger partial charge in [-0.3, -0.25) is 9.58 Å². The molecule has 0 bridgehead atoms. The van der Waals surface area contributed by atoms with Gasteiger partial charge in [0.25, 0.3) is 0 Å². The highest BCUT2D eigenvalue weighted by Crippen LogP contribution is 2.38. The molecule has 0 unspecified atom stereocenters. The van der Waals surface area contributed by atoms with E-state index in [1.54, 1.807) is 41.7 Å². The molecule has 0 aliphatic rings. The van der Waals surface area contributed by atoms with E-state index in [0.29, 0.717) is 35.8 Å². The summed E-state index contributed by atoms with van der Waals surface area (Å²) in [6, 6.07) is 15.1. The average molecular weight is 526 g/mol. The Morgan fingerprint density at radius 2 is 1.82 bits per heavy atom. The number of nitrogens with zero attached hydrogens (tertiary/aromatic N) is 3. The predicted octanol–water partition coefficient (Wildman–Crippen LogP) is 5.89. The van der Waals surface area contributed by atoms with Gasteiger partial charge in [0.2, 0.25) is 0 Å². The first-order chi connectivity index (χ1) is 16.0. The molecule has 3 aromatic heterocycles. The van der Waals surface area contributed by atoms with Crippen molar-refractivity contribution in [3.63, 3.8) is 0 Å². The molecule has 34 heavy (non-hydrogen) atoms. The number of hydrogen-bond acceptors (Lipinski definition) is 6. The molecule has 3 heterocycles. The molecular formula is C23H22F3N3O2S3. The minimum atomic E-state index is -4.55. The summed E-state index contributed by atoms with van der Waals surface area (Å²) in [5.74, 6) is 0. The Morgan fingerprint density at radius 3 is 2.50 bits per heavy atom. The number of rotatable bonds is 8. The van der Waals surface area contributed by atoms with Gasteiger partial charge in [0.15, 0.2) is 15.5 Å². The Labute approximate surface area is 204 Å². The molecule has 0 aliphatic heterocycles. The van der Waals surface area contributed by atoms with Crippen molar-refractivity contribution in [2.75, 3.05) is 19.8 Å². The summed E-state index contributed by atoms with van der Waals surface area (Å²) in [7, 11) is -1.45. The van der Waals surface area contributed by atoms with Crippen molar-refractivity contribution in [1.29, 1.82) is 0 Å². The number of thiophene rings is 2. The molecule has 11 heteroatoms. The zero-order valence-electron chi connectivity index (χ0n) is 18.4. The van der Waals surface area contributed by atoms with E-state index in [-0.39, 0.29) is 4.90 Å². The van der Waals surface area contributed by atoms with Crippen molar-refractivity contribution in [2.24, 2.45) is 0 Å². The van der Waals surface area contributed by atoms with Gasteiger partial charge >= 0.3 is 6.18 Å². The maximum atomic E-state index is 13.4. The van der Waals surface area contributed by atoms with Crippen LogP contribution in [-0.2, 0) is 29.1 Å². The first-order valence-electron chi connectivity index (χ1n) is 10.3.